The quantitative estimate of drug-likeness (QED) is 0.808. The predicted octanol–water partition coefficient (Wildman–Crippen LogP) is 2.47. The van der Waals surface area contributed by atoms with Crippen molar-refractivity contribution in [1.29, 1.82) is 0 Å². The average Bonchev–Trinajstić information content (AvgIpc) is 2.73. The van der Waals surface area contributed by atoms with Gasteiger partial charge in [-0.3, -0.25) is 5.10 Å². The fraction of sp³-hybridized carbons (Fsp3) is 0.182. The Bertz CT molecular complexity index is 437. The number of aromatic nitrogens is 2. The van der Waals surface area contributed by atoms with Gasteiger partial charge in [-0.1, -0.05) is 12.1 Å². The van der Waals surface area contributed by atoms with Gasteiger partial charge in [0.05, 0.1) is 17.9 Å². The molecule has 0 radical (unpaired) electrons. The van der Waals surface area contributed by atoms with E-state index in [9.17, 15) is 4.39 Å². The van der Waals surface area contributed by atoms with Gasteiger partial charge in [0.25, 0.3) is 0 Å². The van der Waals surface area contributed by atoms with Crippen LogP contribution in [0, 0.1) is 12.7 Å². The summed E-state index contributed by atoms with van der Waals surface area (Å²) in [4.78, 5) is 0. The SMILES string of the molecule is Cc1cccc(NCc2ccn[nH]2)c1F. The zero-order valence-electron chi connectivity index (χ0n) is 8.42. The van der Waals surface area contributed by atoms with Crippen molar-refractivity contribution in [2.45, 2.75) is 13.5 Å². The molecule has 0 spiro atoms. The van der Waals surface area contributed by atoms with Crippen LogP contribution in [0.25, 0.3) is 0 Å². The van der Waals surface area contributed by atoms with E-state index in [4.69, 9.17) is 0 Å². The van der Waals surface area contributed by atoms with Crippen molar-refractivity contribution in [2.75, 3.05) is 5.32 Å². The molecule has 2 rings (SSSR count). The maximum Gasteiger partial charge on any atom is 0.149 e. The monoisotopic (exact) mass is 205 g/mol. The molecule has 0 fully saturated rings. The van der Waals surface area contributed by atoms with Crippen LogP contribution in [0.2, 0.25) is 0 Å². The van der Waals surface area contributed by atoms with Crippen molar-refractivity contribution in [3.8, 4) is 0 Å². The fourth-order valence-electron chi connectivity index (χ4n) is 1.36. The molecule has 15 heavy (non-hydrogen) atoms. The summed E-state index contributed by atoms with van der Waals surface area (Å²) in [6.45, 7) is 2.29. The summed E-state index contributed by atoms with van der Waals surface area (Å²) >= 11 is 0. The van der Waals surface area contributed by atoms with Crippen LogP contribution in [0.3, 0.4) is 0 Å². The summed E-state index contributed by atoms with van der Waals surface area (Å²) in [7, 11) is 0. The molecule has 0 aliphatic rings. The topological polar surface area (TPSA) is 40.7 Å². The Labute approximate surface area is 87.3 Å². The molecular formula is C11H12FN3. The summed E-state index contributed by atoms with van der Waals surface area (Å²) in [5.41, 5.74) is 2.09. The Morgan fingerprint density at radius 2 is 2.27 bits per heavy atom. The van der Waals surface area contributed by atoms with Gasteiger partial charge < -0.3 is 5.32 Å². The standard InChI is InChI=1S/C11H12FN3/c1-8-3-2-4-10(11(8)12)13-7-9-5-6-14-15-9/h2-6,13H,7H2,1H3,(H,14,15). The minimum atomic E-state index is -0.197. The first-order valence-corrected chi connectivity index (χ1v) is 4.74. The lowest BCUT2D eigenvalue weighted by molar-refractivity contribution is 0.621. The molecule has 0 aliphatic carbocycles. The third-order valence-electron chi connectivity index (χ3n) is 2.22. The van der Waals surface area contributed by atoms with Crippen molar-refractivity contribution in [1.82, 2.24) is 10.2 Å². The molecule has 2 aromatic rings. The van der Waals surface area contributed by atoms with E-state index < -0.39 is 0 Å². The number of benzene rings is 1. The number of H-pyrrole nitrogens is 1. The molecular weight excluding hydrogens is 193 g/mol. The van der Waals surface area contributed by atoms with Crippen molar-refractivity contribution in [3.63, 3.8) is 0 Å². The largest absolute Gasteiger partial charge is 0.377 e. The summed E-state index contributed by atoms with van der Waals surface area (Å²) in [5, 5.41) is 9.63. The highest BCUT2D eigenvalue weighted by Gasteiger charge is 2.03. The third kappa shape index (κ3) is 2.15. The van der Waals surface area contributed by atoms with Crippen LogP contribution in [0.1, 0.15) is 11.3 Å². The van der Waals surface area contributed by atoms with E-state index in [0.717, 1.165) is 5.69 Å². The molecule has 1 aromatic carbocycles. The molecule has 0 saturated heterocycles. The van der Waals surface area contributed by atoms with Crippen molar-refractivity contribution >= 4 is 5.69 Å². The maximum atomic E-state index is 13.5. The van der Waals surface area contributed by atoms with Gasteiger partial charge in [0, 0.05) is 6.20 Å². The Balaban J connectivity index is 2.08. The van der Waals surface area contributed by atoms with Crippen LogP contribution in [0.15, 0.2) is 30.5 Å². The first-order valence-electron chi connectivity index (χ1n) is 4.74. The van der Waals surface area contributed by atoms with Gasteiger partial charge in [-0.15, -0.1) is 0 Å². The minimum absolute atomic E-state index is 0.197. The van der Waals surface area contributed by atoms with Gasteiger partial charge in [-0.25, -0.2) is 4.39 Å². The molecule has 0 aliphatic heterocycles. The molecule has 2 N–H and O–H groups in total. The molecule has 0 atom stereocenters. The van der Waals surface area contributed by atoms with Crippen LogP contribution < -0.4 is 5.32 Å². The summed E-state index contributed by atoms with van der Waals surface area (Å²) in [5.74, 6) is -0.197. The highest BCUT2D eigenvalue weighted by atomic mass is 19.1. The molecule has 78 valence electrons. The first kappa shape index (κ1) is 9.71. The van der Waals surface area contributed by atoms with Gasteiger partial charge >= 0.3 is 0 Å². The molecule has 4 heteroatoms. The van der Waals surface area contributed by atoms with Crippen LogP contribution >= 0.6 is 0 Å². The molecule has 1 heterocycles. The molecule has 0 saturated carbocycles. The van der Waals surface area contributed by atoms with Gasteiger partial charge in [0.2, 0.25) is 0 Å². The molecule has 0 amide bonds. The third-order valence-corrected chi connectivity index (χ3v) is 2.22. The normalized spacial score (nSPS) is 10.3. The second-order valence-electron chi connectivity index (χ2n) is 3.37. The van der Waals surface area contributed by atoms with E-state index in [1.165, 1.54) is 0 Å². The van der Waals surface area contributed by atoms with Crippen molar-refractivity contribution in [2.24, 2.45) is 0 Å². The predicted molar refractivity (Wildman–Crippen MR) is 57.1 cm³/mol. The first-order chi connectivity index (χ1) is 7.27. The number of nitrogens with one attached hydrogen (secondary N) is 2. The number of halogens is 1. The van der Waals surface area contributed by atoms with Crippen molar-refractivity contribution in [3.05, 3.63) is 47.5 Å². The molecule has 1 aromatic heterocycles. The maximum absolute atomic E-state index is 13.5. The number of rotatable bonds is 3. The lowest BCUT2D eigenvalue weighted by atomic mass is 10.2. The van der Waals surface area contributed by atoms with Crippen LogP contribution in [-0.4, -0.2) is 10.2 Å². The molecule has 0 unspecified atom stereocenters. The zero-order chi connectivity index (χ0) is 10.7. The van der Waals surface area contributed by atoms with Crippen LogP contribution in [-0.2, 0) is 6.54 Å². The number of nitrogens with zero attached hydrogens (tertiary/aromatic N) is 1. The summed E-state index contributed by atoms with van der Waals surface area (Å²) < 4.78 is 13.5. The minimum Gasteiger partial charge on any atom is -0.377 e. The zero-order valence-corrected chi connectivity index (χ0v) is 8.42. The van der Waals surface area contributed by atoms with E-state index in [2.05, 4.69) is 15.5 Å². The lowest BCUT2D eigenvalue weighted by Crippen LogP contribution is -2.02. The molecule has 3 nitrogen and oxygen atoms in total. The van der Waals surface area contributed by atoms with E-state index in [1.807, 2.05) is 12.1 Å². The Morgan fingerprint density at radius 1 is 1.40 bits per heavy atom. The van der Waals surface area contributed by atoms with E-state index in [1.54, 1.807) is 25.3 Å². The summed E-state index contributed by atoms with van der Waals surface area (Å²) in [6.07, 6.45) is 1.67. The number of aryl methyl sites for hydroxylation is 1. The Morgan fingerprint density at radius 3 is 3.00 bits per heavy atom. The second kappa shape index (κ2) is 4.13. The lowest BCUT2D eigenvalue weighted by Gasteiger charge is -2.07. The number of aromatic amines is 1. The van der Waals surface area contributed by atoms with Crippen LogP contribution in [0.5, 0.6) is 0 Å². The van der Waals surface area contributed by atoms with Gasteiger partial charge in [0.15, 0.2) is 0 Å². The van der Waals surface area contributed by atoms with Gasteiger partial charge in [0.1, 0.15) is 5.82 Å². The molecule has 0 bridgehead atoms. The highest BCUT2D eigenvalue weighted by Crippen LogP contribution is 2.17. The fourth-order valence-corrected chi connectivity index (χ4v) is 1.36. The van der Waals surface area contributed by atoms with Gasteiger partial charge in [-0.05, 0) is 24.6 Å². The van der Waals surface area contributed by atoms with Crippen molar-refractivity contribution < 1.29 is 4.39 Å². The average molecular weight is 205 g/mol. The summed E-state index contributed by atoms with van der Waals surface area (Å²) in [6, 6.07) is 7.14. The second-order valence-corrected chi connectivity index (χ2v) is 3.37. The van der Waals surface area contributed by atoms with E-state index >= 15 is 0 Å². The number of hydrogen-bond acceptors (Lipinski definition) is 2. The Kier molecular flexibility index (Phi) is 2.67. The van der Waals surface area contributed by atoms with E-state index in [-0.39, 0.29) is 5.82 Å². The highest BCUT2D eigenvalue weighted by molar-refractivity contribution is 5.47. The van der Waals surface area contributed by atoms with Crippen LogP contribution in [0.4, 0.5) is 10.1 Å². The van der Waals surface area contributed by atoms with Gasteiger partial charge in [-0.2, -0.15) is 5.10 Å². The number of hydrogen-bond donors (Lipinski definition) is 2. The smallest absolute Gasteiger partial charge is 0.149 e. The van der Waals surface area contributed by atoms with E-state index in [0.29, 0.717) is 17.8 Å². The number of anilines is 1. The Hall–Kier alpha value is -1.84.